The summed E-state index contributed by atoms with van der Waals surface area (Å²) in [4.78, 5) is 14.5. The highest BCUT2D eigenvalue weighted by Gasteiger charge is 2.21. The Morgan fingerprint density at radius 1 is 1.50 bits per heavy atom. The van der Waals surface area contributed by atoms with Gasteiger partial charge in [-0.1, -0.05) is 16.8 Å². The first-order valence-corrected chi connectivity index (χ1v) is 6.27. The molecule has 8 heteroatoms. The van der Waals surface area contributed by atoms with Crippen molar-refractivity contribution >= 4 is 23.1 Å². The van der Waals surface area contributed by atoms with E-state index in [4.69, 9.17) is 16.1 Å². The van der Waals surface area contributed by atoms with Crippen LogP contribution in [0.2, 0.25) is 5.02 Å². The highest BCUT2D eigenvalue weighted by Crippen LogP contribution is 2.30. The lowest BCUT2D eigenvalue weighted by Gasteiger charge is -2.14. The first kappa shape index (κ1) is 14.3. The minimum Gasteiger partial charge on any atom is -0.361 e. The molecule has 0 aliphatic heterocycles. The Bertz CT molecular complexity index is 637. The fraction of sp³-hybridized carbons (Fsp3) is 0.333. The van der Waals surface area contributed by atoms with Crippen LogP contribution in [0.5, 0.6) is 0 Å². The quantitative estimate of drug-likeness (QED) is 0.686. The van der Waals surface area contributed by atoms with Gasteiger partial charge in [-0.2, -0.15) is 0 Å². The Kier molecular flexibility index (Phi) is 3.89. The topological polar surface area (TPSA) is 94.1 Å². The van der Waals surface area contributed by atoms with E-state index in [1.54, 1.807) is 6.92 Å². The molecular weight excluding hydrogens is 284 g/mol. The molecule has 2 rings (SSSR count). The third-order valence-corrected chi connectivity index (χ3v) is 3.11. The van der Waals surface area contributed by atoms with E-state index >= 15 is 0 Å². The Hall–Kier alpha value is -2.15. The van der Waals surface area contributed by atoms with Crippen molar-refractivity contribution in [3.05, 3.63) is 44.4 Å². The zero-order valence-corrected chi connectivity index (χ0v) is 11.9. The van der Waals surface area contributed by atoms with Crippen LogP contribution in [0.15, 0.2) is 16.8 Å². The van der Waals surface area contributed by atoms with Crippen molar-refractivity contribution in [1.29, 1.82) is 0 Å². The van der Waals surface area contributed by atoms with Gasteiger partial charge >= 0.3 is 5.69 Å². The largest absolute Gasteiger partial charge is 0.361 e. The van der Waals surface area contributed by atoms with Gasteiger partial charge in [0, 0.05) is 17.8 Å². The summed E-state index contributed by atoms with van der Waals surface area (Å²) in [7, 11) is 0. The molecule has 7 nitrogen and oxygen atoms in total. The standard InChI is InChI=1S/C12H13ClN4O3/c1-6(11-7(2)16-20-8(11)3)15-12-10(17(18)19)4-9(13)5-14-12/h4-6H,1-3H3,(H,14,15). The summed E-state index contributed by atoms with van der Waals surface area (Å²) in [5.41, 5.74) is 1.42. The summed E-state index contributed by atoms with van der Waals surface area (Å²) in [5.74, 6) is 0.825. The Labute approximate surface area is 120 Å². The third kappa shape index (κ3) is 2.72. The molecule has 0 aliphatic carbocycles. The lowest BCUT2D eigenvalue weighted by atomic mass is 10.1. The van der Waals surface area contributed by atoms with Crippen molar-refractivity contribution in [2.75, 3.05) is 5.32 Å². The predicted octanol–water partition coefficient (Wildman–Crippen LogP) is 3.42. The second-order valence-electron chi connectivity index (χ2n) is 4.38. The number of hydrogen-bond donors (Lipinski definition) is 1. The van der Waals surface area contributed by atoms with Crippen molar-refractivity contribution < 1.29 is 9.45 Å². The van der Waals surface area contributed by atoms with Crippen molar-refractivity contribution in [2.24, 2.45) is 0 Å². The molecule has 0 saturated carbocycles. The van der Waals surface area contributed by atoms with Crippen LogP contribution in [0.4, 0.5) is 11.5 Å². The van der Waals surface area contributed by atoms with Crippen LogP contribution in [0.3, 0.4) is 0 Å². The third-order valence-electron chi connectivity index (χ3n) is 2.91. The van der Waals surface area contributed by atoms with Gasteiger partial charge in [-0.05, 0) is 20.8 Å². The Balaban J connectivity index is 2.33. The molecular formula is C12H13ClN4O3. The van der Waals surface area contributed by atoms with E-state index in [9.17, 15) is 10.1 Å². The van der Waals surface area contributed by atoms with E-state index in [1.165, 1.54) is 12.3 Å². The van der Waals surface area contributed by atoms with Crippen LogP contribution in [0, 0.1) is 24.0 Å². The number of hydrogen-bond acceptors (Lipinski definition) is 6. The van der Waals surface area contributed by atoms with Crippen molar-refractivity contribution in [1.82, 2.24) is 10.1 Å². The molecule has 1 atom stereocenters. The lowest BCUT2D eigenvalue weighted by molar-refractivity contribution is -0.384. The zero-order chi connectivity index (χ0) is 14.9. The van der Waals surface area contributed by atoms with Gasteiger partial charge in [0.2, 0.25) is 5.82 Å². The second kappa shape index (κ2) is 5.46. The maximum absolute atomic E-state index is 11.0. The van der Waals surface area contributed by atoms with Crippen LogP contribution < -0.4 is 5.32 Å². The van der Waals surface area contributed by atoms with Gasteiger partial charge in [-0.25, -0.2) is 4.98 Å². The lowest BCUT2D eigenvalue weighted by Crippen LogP contribution is -2.11. The number of nitrogens with one attached hydrogen (secondary N) is 1. The molecule has 106 valence electrons. The van der Waals surface area contributed by atoms with E-state index in [0.717, 1.165) is 11.3 Å². The molecule has 0 fully saturated rings. The van der Waals surface area contributed by atoms with E-state index < -0.39 is 4.92 Å². The van der Waals surface area contributed by atoms with Gasteiger partial charge in [-0.15, -0.1) is 0 Å². The predicted molar refractivity (Wildman–Crippen MR) is 73.9 cm³/mol. The molecule has 2 aromatic rings. The SMILES string of the molecule is Cc1noc(C)c1C(C)Nc1ncc(Cl)cc1[N+](=O)[O-]. The van der Waals surface area contributed by atoms with Gasteiger partial charge in [0.15, 0.2) is 0 Å². The minimum absolute atomic E-state index is 0.159. The molecule has 0 bridgehead atoms. The number of nitro groups is 1. The van der Waals surface area contributed by atoms with E-state index in [-0.39, 0.29) is 22.6 Å². The monoisotopic (exact) mass is 296 g/mol. The van der Waals surface area contributed by atoms with Crippen LogP contribution in [-0.2, 0) is 0 Å². The van der Waals surface area contributed by atoms with Gasteiger partial charge in [0.05, 0.1) is 21.7 Å². The summed E-state index contributed by atoms with van der Waals surface area (Å²) in [6.45, 7) is 5.46. The molecule has 20 heavy (non-hydrogen) atoms. The molecule has 0 saturated heterocycles. The van der Waals surface area contributed by atoms with Crippen molar-refractivity contribution in [3.63, 3.8) is 0 Å². The molecule has 2 aromatic heterocycles. The number of aromatic nitrogens is 2. The highest BCUT2D eigenvalue weighted by molar-refractivity contribution is 6.30. The summed E-state index contributed by atoms with van der Waals surface area (Å²) in [5, 5.41) is 18.1. The molecule has 0 amide bonds. The second-order valence-corrected chi connectivity index (χ2v) is 4.82. The normalized spacial score (nSPS) is 12.2. The number of pyridine rings is 1. The summed E-state index contributed by atoms with van der Waals surface area (Å²) in [6, 6.07) is 1.03. The maximum atomic E-state index is 11.0. The van der Waals surface area contributed by atoms with Crippen molar-refractivity contribution in [2.45, 2.75) is 26.8 Å². The summed E-state index contributed by atoms with van der Waals surface area (Å²) in [6.07, 6.45) is 1.36. The van der Waals surface area contributed by atoms with E-state index in [0.29, 0.717) is 5.76 Å². The van der Waals surface area contributed by atoms with Crippen molar-refractivity contribution in [3.8, 4) is 0 Å². The fourth-order valence-electron chi connectivity index (χ4n) is 2.06. The zero-order valence-electron chi connectivity index (χ0n) is 11.2. The molecule has 1 unspecified atom stereocenters. The first-order valence-electron chi connectivity index (χ1n) is 5.89. The molecule has 0 spiro atoms. The smallest absolute Gasteiger partial charge is 0.312 e. The minimum atomic E-state index is -0.527. The number of nitrogens with zero attached hydrogens (tertiary/aromatic N) is 3. The maximum Gasteiger partial charge on any atom is 0.312 e. The van der Waals surface area contributed by atoms with E-state index in [1.807, 2.05) is 13.8 Å². The van der Waals surface area contributed by atoms with Gasteiger partial charge < -0.3 is 9.84 Å². The van der Waals surface area contributed by atoms with Gasteiger partial charge in [0.1, 0.15) is 5.76 Å². The Morgan fingerprint density at radius 2 is 2.20 bits per heavy atom. The van der Waals surface area contributed by atoms with Crippen LogP contribution >= 0.6 is 11.6 Å². The van der Waals surface area contributed by atoms with Gasteiger partial charge in [0.25, 0.3) is 0 Å². The van der Waals surface area contributed by atoms with Crippen LogP contribution in [0.25, 0.3) is 0 Å². The fourth-order valence-corrected chi connectivity index (χ4v) is 2.22. The number of anilines is 1. The van der Waals surface area contributed by atoms with E-state index in [2.05, 4.69) is 15.5 Å². The molecule has 0 aliphatic rings. The van der Waals surface area contributed by atoms with Crippen LogP contribution in [0.1, 0.15) is 30.0 Å². The van der Waals surface area contributed by atoms with Crippen LogP contribution in [-0.4, -0.2) is 15.1 Å². The number of aryl methyl sites for hydroxylation is 2. The average molecular weight is 297 g/mol. The first-order chi connectivity index (χ1) is 9.40. The average Bonchev–Trinajstić information content (AvgIpc) is 2.71. The molecule has 0 aromatic carbocycles. The number of rotatable bonds is 4. The molecule has 1 N–H and O–H groups in total. The Morgan fingerprint density at radius 3 is 2.75 bits per heavy atom. The number of halogens is 1. The molecule has 2 heterocycles. The highest BCUT2D eigenvalue weighted by atomic mass is 35.5. The summed E-state index contributed by atoms with van der Waals surface area (Å²) >= 11 is 5.73. The molecule has 0 radical (unpaired) electrons. The van der Waals surface area contributed by atoms with Gasteiger partial charge in [-0.3, -0.25) is 10.1 Å². The summed E-state index contributed by atoms with van der Waals surface area (Å²) < 4.78 is 5.09.